The van der Waals surface area contributed by atoms with E-state index in [9.17, 15) is 14.4 Å². The summed E-state index contributed by atoms with van der Waals surface area (Å²) in [6.45, 7) is 4.99. The summed E-state index contributed by atoms with van der Waals surface area (Å²) < 4.78 is 9.24. The fourth-order valence-electron chi connectivity index (χ4n) is 0.829. The molecule has 1 unspecified atom stereocenters. The average molecular weight is 232 g/mol. The van der Waals surface area contributed by atoms with E-state index in [-0.39, 0.29) is 13.2 Å². The molecule has 1 N–H and O–H groups in total. The van der Waals surface area contributed by atoms with Crippen molar-refractivity contribution in [3.8, 4) is 0 Å². The molecule has 0 aliphatic heterocycles. The van der Waals surface area contributed by atoms with Gasteiger partial charge in [-0.05, 0) is 20.8 Å². The minimum atomic E-state index is -0.830. The lowest BCUT2D eigenvalue weighted by molar-refractivity contribution is -0.112. The molecule has 0 fully saturated rings. The van der Waals surface area contributed by atoms with Crippen LogP contribution in [0.3, 0.4) is 0 Å². The van der Waals surface area contributed by atoms with Gasteiger partial charge in [0.05, 0.1) is 13.2 Å². The Kier molecular flexibility index (Phi) is 6.66. The summed E-state index contributed by atoms with van der Waals surface area (Å²) >= 11 is 0. The van der Waals surface area contributed by atoms with E-state index in [0.717, 1.165) is 5.01 Å². The van der Waals surface area contributed by atoms with Crippen LogP contribution in [-0.4, -0.2) is 42.7 Å². The molecule has 0 saturated heterocycles. The Labute approximate surface area is 93.7 Å². The third-order valence-corrected chi connectivity index (χ3v) is 1.56. The summed E-state index contributed by atoms with van der Waals surface area (Å²) in [5.41, 5.74) is 2.12. The monoisotopic (exact) mass is 232 g/mol. The molecule has 0 aliphatic rings. The highest BCUT2D eigenvalue weighted by Gasteiger charge is 2.23. The number of carbonyl (C=O) groups is 3. The fraction of sp³-hybridized carbons (Fsp3) is 0.667. The number of hydrogen-bond donors (Lipinski definition) is 1. The number of hydrogen-bond acceptors (Lipinski definition) is 5. The molecule has 7 nitrogen and oxygen atoms in total. The number of nitrogens with one attached hydrogen (secondary N) is 1. The maximum absolute atomic E-state index is 11.4. The van der Waals surface area contributed by atoms with Crippen LogP contribution in [0.15, 0.2) is 0 Å². The van der Waals surface area contributed by atoms with Crippen LogP contribution in [0.4, 0.5) is 9.59 Å². The largest absolute Gasteiger partial charge is 0.449 e. The van der Waals surface area contributed by atoms with E-state index in [1.807, 2.05) is 0 Å². The average Bonchev–Trinajstić information content (AvgIpc) is 2.25. The molecule has 16 heavy (non-hydrogen) atoms. The van der Waals surface area contributed by atoms with Gasteiger partial charge in [-0.2, -0.15) is 0 Å². The summed E-state index contributed by atoms with van der Waals surface area (Å²) in [4.78, 5) is 33.0. The van der Waals surface area contributed by atoms with Crippen molar-refractivity contribution < 1.29 is 23.9 Å². The van der Waals surface area contributed by atoms with Crippen molar-refractivity contribution in [3.63, 3.8) is 0 Å². The standard InChI is InChI=1S/C9H16N2O5/c1-4-15-8(13)10-11(7(3)6-12)9(14)16-5-2/h6-7H,4-5H2,1-3H3,(H,10,13). The second-order valence-electron chi connectivity index (χ2n) is 2.78. The molecular weight excluding hydrogens is 216 g/mol. The number of rotatable bonds is 4. The third kappa shape index (κ3) is 4.63. The molecule has 0 rings (SSSR count). The zero-order valence-corrected chi connectivity index (χ0v) is 9.56. The number of amides is 2. The lowest BCUT2D eigenvalue weighted by Crippen LogP contribution is -2.51. The van der Waals surface area contributed by atoms with Crippen LogP contribution >= 0.6 is 0 Å². The Morgan fingerprint density at radius 3 is 2.31 bits per heavy atom. The topological polar surface area (TPSA) is 84.9 Å². The molecule has 0 radical (unpaired) electrons. The van der Waals surface area contributed by atoms with E-state index >= 15 is 0 Å². The predicted molar refractivity (Wildman–Crippen MR) is 54.5 cm³/mol. The lowest BCUT2D eigenvalue weighted by Gasteiger charge is -2.24. The minimum Gasteiger partial charge on any atom is -0.449 e. The highest BCUT2D eigenvalue weighted by molar-refractivity contribution is 5.77. The second-order valence-corrected chi connectivity index (χ2v) is 2.78. The van der Waals surface area contributed by atoms with Gasteiger partial charge in [-0.1, -0.05) is 0 Å². The predicted octanol–water partition coefficient (Wildman–Crippen LogP) is 0.693. The Bertz CT molecular complexity index is 256. The molecule has 0 heterocycles. The number of carbonyl (C=O) groups excluding carboxylic acids is 3. The van der Waals surface area contributed by atoms with Crippen LogP contribution in [-0.2, 0) is 14.3 Å². The first-order chi connectivity index (χ1) is 7.56. The molecule has 92 valence electrons. The van der Waals surface area contributed by atoms with Crippen molar-refractivity contribution in [3.05, 3.63) is 0 Å². The van der Waals surface area contributed by atoms with Crippen LogP contribution in [0.2, 0.25) is 0 Å². The van der Waals surface area contributed by atoms with E-state index in [4.69, 9.17) is 0 Å². The second kappa shape index (κ2) is 7.49. The molecule has 0 spiro atoms. The molecule has 7 heteroatoms. The fourth-order valence-corrected chi connectivity index (χ4v) is 0.829. The molecule has 0 aromatic heterocycles. The zero-order chi connectivity index (χ0) is 12.6. The first-order valence-corrected chi connectivity index (χ1v) is 4.91. The van der Waals surface area contributed by atoms with Gasteiger partial charge in [0.1, 0.15) is 12.3 Å². The molecule has 1 atom stereocenters. The Hall–Kier alpha value is -1.79. The van der Waals surface area contributed by atoms with Crippen molar-refractivity contribution in [2.75, 3.05) is 13.2 Å². The van der Waals surface area contributed by atoms with E-state index in [2.05, 4.69) is 14.9 Å². The number of aldehydes is 1. The van der Waals surface area contributed by atoms with Gasteiger partial charge in [-0.15, -0.1) is 0 Å². The highest BCUT2D eigenvalue weighted by Crippen LogP contribution is 1.97. The molecule has 0 aliphatic carbocycles. The summed E-state index contributed by atoms with van der Waals surface area (Å²) in [5, 5.41) is 0.772. The molecule has 2 amide bonds. The van der Waals surface area contributed by atoms with Gasteiger partial charge in [0.15, 0.2) is 0 Å². The first-order valence-electron chi connectivity index (χ1n) is 4.91. The van der Waals surface area contributed by atoms with Crippen molar-refractivity contribution in [1.29, 1.82) is 0 Å². The van der Waals surface area contributed by atoms with Crippen molar-refractivity contribution in [2.24, 2.45) is 0 Å². The van der Waals surface area contributed by atoms with Gasteiger partial charge < -0.3 is 14.3 Å². The lowest BCUT2D eigenvalue weighted by atomic mass is 10.4. The molecule has 0 bridgehead atoms. The van der Waals surface area contributed by atoms with Crippen LogP contribution in [0, 0.1) is 0 Å². The SMILES string of the molecule is CCOC(=O)NN(C(=O)OCC)C(C)C=O. The number of ether oxygens (including phenoxy) is 2. The van der Waals surface area contributed by atoms with Crippen molar-refractivity contribution in [1.82, 2.24) is 10.4 Å². The van der Waals surface area contributed by atoms with E-state index in [1.54, 1.807) is 13.8 Å². The summed E-state index contributed by atoms with van der Waals surface area (Å²) in [5.74, 6) is 0. The van der Waals surface area contributed by atoms with Gasteiger partial charge >= 0.3 is 12.2 Å². The smallest absolute Gasteiger partial charge is 0.429 e. The van der Waals surface area contributed by atoms with Crippen molar-refractivity contribution in [2.45, 2.75) is 26.8 Å². The molecule has 0 aromatic carbocycles. The normalized spacial score (nSPS) is 11.2. The summed E-state index contributed by atoms with van der Waals surface area (Å²) in [7, 11) is 0. The third-order valence-electron chi connectivity index (χ3n) is 1.56. The van der Waals surface area contributed by atoms with Crippen LogP contribution < -0.4 is 5.43 Å². The zero-order valence-electron chi connectivity index (χ0n) is 9.56. The van der Waals surface area contributed by atoms with Crippen LogP contribution in [0.1, 0.15) is 20.8 Å². The quantitative estimate of drug-likeness (QED) is 0.569. The Morgan fingerprint density at radius 2 is 1.88 bits per heavy atom. The van der Waals surface area contributed by atoms with Gasteiger partial charge in [-0.25, -0.2) is 20.0 Å². The number of nitrogens with zero attached hydrogens (tertiary/aromatic N) is 1. The summed E-state index contributed by atoms with van der Waals surface area (Å²) in [6.07, 6.45) is -1.12. The molecular formula is C9H16N2O5. The minimum absolute atomic E-state index is 0.144. The maximum Gasteiger partial charge on any atom is 0.429 e. The van der Waals surface area contributed by atoms with Crippen molar-refractivity contribution >= 4 is 18.5 Å². The van der Waals surface area contributed by atoms with E-state index in [1.165, 1.54) is 6.92 Å². The maximum atomic E-state index is 11.4. The van der Waals surface area contributed by atoms with Gasteiger partial charge in [0, 0.05) is 0 Å². The Morgan fingerprint density at radius 1 is 1.31 bits per heavy atom. The van der Waals surface area contributed by atoms with E-state index in [0.29, 0.717) is 6.29 Å². The Balaban J connectivity index is 4.48. The summed E-state index contributed by atoms with van der Waals surface area (Å²) in [6, 6.07) is -0.830. The number of hydrazine groups is 1. The van der Waals surface area contributed by atoms with Crippen LogP contribution in [0.25, 0.3) is 0 Å². The van der Waals surface area contributed by atoms with E-state index < -0.39 is 18.2 Å². The first kappa shape index (κ1) is 14.2. The molecule has 0 saturated carbocycles. The van der Waals surface area contributed by atoms with Gasteiger partial charge in [-0.3, -0.25) is 0 Å². The highest BCUT2D eigenvalue weighted by atomic mass is 16.6. The molecule has 0 aromatic rings. The van der Waals surface area contributed by atoms with Gasteiger partial charge in [0.2, 0.25) is 0 Å². The van der Waals surface area contributed by atoms with Crippen LogP contribution in [0.5, 0.6) is 0 Å². The van der Waals surface area contributed by atoms with Gasteiger partial charge in [0.25, 0.3) is 0 Å².